The van der Waals surface area contributed by atoms with Crippen LogP contribution in [0.2, 0.25) is 0 Å². The standard InChI is InChI=1S/C17H21NO4S/c1-3-9-20-14-4-6-15(7-5-14)22-11-17(19)21-10-8-16-13(2)18-12-23-16/h4-7,12H,3,8-11H2,1-2H3. The van der Waals surface area contributed by atoms with Crippen molar-refractivity contribution >= 4 is 17.3 Å². The number of carbonyl (C=O) groups excluding carboxylic acids is 1. The summed E-state index contributed by atoms with van der Waals surface area (Å²) in [7, 11) is 0. The van der Waals surface area contributed by atoms with Crippen LogP contribution in [0.3, 0.4) is 0 Å². The van der Waals surface area contributed by atoms with Gasteiger partial charge in [0.05, 0.1) is 24.4 Å². The Morgan fingerprint density at radius 3 is 2.43 bits per heavy atom. The first-order valence-corrected chi connectivity index (χ1v) is 8.47. The first kappa shape index (κ1) is 17.3. The van der Waals surface area contributed by atoms with Crippen LogP contribution >= 0.6 is 11.3 Å². The molecule has 0 amide bonds. The molecular weight excluding hydrogens is 314 g/mol. The highest BCUT2D eigenvalue weighted by atomic mass is 32.1. The lowest BCUT2D eigenvalue weighted by Crippen LogP contribution is -2.16. The van der Waals surface area contributed by atoms with Crippen LogP contribution in [0.4, 0.5) is 0 Å². The van der Waals surface area contributed by atoms with Crippen molar-refractivity contribution in [3.63, 3.8) is 0 Å². The Balaban J connectivity index is 1.66. The molecule has 0 atom stereocenters. The molecule has 0 unspecified atom stereocenters. The molecule has 0 aliphatic carbocycles. The van der Waals surface area contributed by atoms with Crippen molar-refractivity contribution in [3.8, 4) is 11.5 Å². The molecule has 124 valence electrons. The lowest BCUT2D eigenvalue weighted by Gasteiger charge is -2.08. The van der Waals surface area contributed by atoms with Crippen molar-refractivity contribution in [2.75, 3.05) is 19.8 Å². The minimum atomic E-state index is -0.376. The second-order valence-corrected chi connectivity index (χ2v) is 5.88. The maximum atomic E-state index is 11.7. The van der Waals surface area contributed by atoms with Gasteiger partial charge in [0.25, 0.3) is 0 Å². The number of aromatic nitrogens is 1. The molecular formula is C17H21NO4S. The van der Waals surface area contributed by atoms with Crippen LogP contribution in [0.25, 0.3) is 0 Å². The van der Waals surface area contributed by atoms with E-state index in [0.717, 1.165) is 22.7 Å². The Hall–Kier alpha value is -2.08. The summed E-state index contributed by atoms with van der Waals surface area (Å²) in [5, 5.41) is 0. The topological polar surface area (TPSA) is 57.7 Å². The summed E-state index contributed by atoms with van der Waals surface area (Å²) in [4.78, 5) is 17.0. The van der Waals surface area contributed by atoms with Gasteiger partial charge in [0.15, 0.2) is 6.61 Å². The van der Waals surface area contributed by atoms with Crippen molar-refractivity contribution in [1.82, 2.24) is 4.98 Å². The van der Waals surface area contributed by atoms with Crippen LogP contribution < -0.4 is 9.47 Å². The summed E-state index contributed by atoms with van der Waals surface area (Å²) >= 11 is 1.57. The Morgan fingerprint density at radius 1 is 1.13 bits per heavy atom. The highest BCUT2D eigenvalue weighted by molar-refractivity contribution is 7.09. The molecule has 0 spiro atoms. The van der Waals surface area contributed by atoms with Crippen molar-refractivity contribution < 1.29 is 19.0 Å². The fraction of sp³-hybridized carbons (Fsp3) is 0.412. The third kappa shape index (κ3) is 5.90. The summed E-state index contributed by atoms with van der Waals surface area (Å²) in [6.45, 7) is 4.93. The van der Waals surface area contributed by atoms with Gasteiger partial charge < -0.3 is 14.2 Å². The van der Waals surface area contributed by atoms with Gasteiger partial charge in [-0.3, -0.25) is 0 Å². The molecule has 1 aromatic carbocycles. The SMILES string of the molecule is CCCOc1ccc(OCC(=O)OCCc2scnc2C)cc1. The maximum Gasteiger partial charge on any atom is 0.344 e. The molecule has 5 nitrogen and oxygen atoms in total. The van der Waals surface area contributed by atoms with E-state index in [2.05, 4.69) is 11.9 Å². The minimum Gasteiger partial charge on any atom is -0.494 e. The van der Waals surface area contributed by atoms with Crippen LogP contribution in [-0.2, 0) is 16.0 Å². The van der Waals surface area contributed by atoms with Crippen molar-refractivity contribution in [2.45, 2.75) is 26.7 Å². The summed E-state index contributed by atoms with van der Waals surface area (Å²) in [6, 6.07) is 7.20. The van der Waals surface area contributed by atoms with Crippen molar-refractivity contribution in [3.05, 3.63) is 40.3 Å². The normalized spacial score (nSPS) is 10.3. The lowest BCUT2D eigenvalue weighted by molar-refractivity contribution is -0.145. The van der Waals surface area contributed by atoms with Crippen LogP contribution in [0, 0.1) is 6.92 Å². The number of esters is 1. The van der Waals surface area contributed by atoms with Crippen LogP contribution in [-0.4, -0.2) is 30.8 Å². The zero-order chi connectivity index (χ0) is 16.5. The summed E-state index contributed by atoms with van der Waals surface area (Å²) in [5.41, 5.74) is 2.79. The van der Waals surface area contributed by atoms with Gasteiger partial charge in [-0.1, -0.05) is 6.92 Å². The Bertz CT molecular complexity index is 609. The Kier molecular flexibility index (Phi) is 6.87. The zero-order valence-corrected chi connectivity index (χ0v) is 14.2. The largest absolute Gasteiger partial charge is 0.494 e. The number of rotatable bonds is 9. The van der Waals surface area contributed by atoms with Crippen LogP contribution in [0.5, 0.6) is 11.5 Å². The van der Waals surface area contributed by atoms with E-state index in [4.69, 9.17) is 14.2 Å². The van der Waals surface area contributed by atoms with Gasteiger partial charge >= 0.3 is 5.97 Å². The summed E-state index contributed by atoms with van der Waals surface area (Å²) in [6.07, 6.45) is 1.65. The number of ether oxygens (including phenoxy) is 3. The van der Waals surface area contributed by atoms with E-state index in [1.165, 1.54) is 0 Å². The second-order valence-electron chi connectivity index (χ2n) is 4.94. The third-order valence-corrected chi connectivity index (χ3v) is 4.09. The van der Waals surface area contributed by atoms with Gasteiger partial charge in [0.2, 0.25) is 0 Å². The molecule has 0 bridgehead atoms. The number of benzene rings is 1. The molecule has 0 aliphatic heterocycles. The number of nitrogens with zero attached hydrogens (tertiary/aromatic N) is 1. The zero-order valence-electron chi connectivity index (χ0n) is 13.4. The first-order chi connectivity index (χ1) is 11.2. The van der Waals surface area contributed by atoms with Gasteiger partial charge in [-0.25, -0.2) is 9.78 Å². The number of aryl methyl sites for hydroxylation is 1. The van der Waals surface area contributed by atoms with Crippen LogP contribution in [0.15, 0.2) is 29.8 Å². The number of hydrogen-bond donors (Lipinski definition) is 0. The molecule has 1 heterocycles. The monoisotopic (exact) mass is 335 g/mol. The van der Waals surface area contributed by atoms with Gasteiger partial charge in [0.1, 0.15) is 11.5 Å². The summed E-state index contributed by atoms with van der Waals surface area (Å²) < 4.78 is 16.0. The Morgan fingerprint density at radius 2 is 1.83 bits per heavy atom. The highest BCUT2D eigenvalue weighted by Gasteiger charge is 2.07. The molecule has 0 fully saturated rings. The van der Waals surface area contributed by atoms with Gasteiger partial charge in [-0.15, -0.1) is 11.3 Å². The molecule has 0 saturated carbocycles. The maximum absolute atomic E-state index is 11.7. The van der Waals surface area contributed by atoms with E-state index in [0.29, 0.717) is 25.4 Å². The molecule has 6 heteroatoms. The van der Waals surface area contributed by atoms with Crippen molar-refractivity contribution in [2.24, 2.45) is 0 Å². The van der Waals surface area contributed by atoms with E-state index in [1.54, 1.807) is 29.0 Å². The predicted octanol–water partition coefficient (Wildman–Crippen LogP) is 3.41. The fourth-order valence-corrected chi connectivity index (χ4v) is 2.62. The van der Waals surface area contributed by atoms with Gasteiger partial charge in [0, 0.05) is 11.3 Å². The number of carbonyl (C=O) groups is 1. The minimum absolute atomic E-state index is 0.100. The van der Waals surface area contributed by atoms with E-state index < -0.39 is 0 Å². The third-order valence-electron chi connectivity index (χ3n) is 3.09. The number of hydrogen-bond acceptors (Lipinski definition) is 6. The predicted molar refractivity (Wildman–Crippen MR) is 89.2 cm³/mol. The molecule has 0 saturated heterocycles. The highest BCUT2D eigenvalue weighted by Crippen LogP contribution is 2.17. The molecule has 0 radical (unpaired) electrons. The molecule has 23 heavy (non-hydrogen) atoms. The van der Waals surface area contributed by atoms with Gasteiger partial charge in [-0.2, -0.15) is 0 Å². The first-order valence-electron chi connectivity index (χ1n) is 7.59. The molecule has 1 aromatic heterocycles. The molecule has 2 aromatic rings. The molecule has 0 aliphatic rings. The molecule has 2 rings (SSSR count). The smallest absolute Gasteiger partial charge is 0.344 e. The van der Waals surface area contributed by atoms with E-state index in [9.17, 15) is 4.79 Å². The second kappa shape index (κ2) is 9.15. The van der Waals surface area contributed by atoms with Crippen LogP contribution in [0.1, 0.15) is 23.9 Å². The van der Waals surface area contributed by atoms with E-state index >= 15 is 0 Å². The Labute approximate surface area is 140 Å². The van der Waals surface area contributed by atoms with E-state index in [-0.39, 0.29) is 12.6 Å². The summed E-state index contributed by atoms with van der Waals surface area (Å²) in [5.74, 6) is 1.03. The fourth-order valence-electron chi connectivity index (χ4n) is 1.86. The average molecular weight is 335 g/mol. The lowest BCUT2D eigenvalue weighted by atomic mass is 10.3. The van der Waals surface area contributed by atoms with Crippen molar-refractivity contribution in [1.29, 1.82) is 0 Å². The van der Waals surface area contributed by atoms with E-state index in [1.807, 2.05) is 19.1 Å². The van der Waals surface area contributed by atoms with Gasteiger partial charge in [-0.05, 0) is 37.6 Å². The quantitative estimate of drug-likeness (QED) is 0.657. The molecule has 0 N–H and O–H groups in total. The average Bonchev–Trinajstić information content (AvgIpc) is 2.97. The number of thiazole rings is 1.